The second-order valence-electron chi connectivity index (χ2n) is 10.4. The Morgan fingerprint density at radius 1 is 0.897 bits per heavy atom. The molecule has 39 heavy (non-hydrogen) atoms. The van der Waals surface area contributed by atoms with Crippen LogP contribution in [0, 0.1) is 5.82 Å². The summed E-state index contributed by atoms with van der Waals surface area (Å²) in [4.78, 5) is 4.94. The van der Waals surface area contributed by atoms with E-state index in [9.17, 15) is 4.39 Å². The fraction of sp³-hybridized carbons (Fsp3) is 0.176. The van der Waals surface area contributed by atoms with Crippen LogP contribution in [0.25, 0.3) is 23.0 Å². The van der Waals surface area contributed by atoms with Crippen molar-refractivity contribution >= 4 is 6.08 Å². The molecular formula is C34H29FN4. The molecule has 0 spiro atoms. The van der Waals surface area contributed by atoms with Crippen molar-refractivity contribution in [2.24, 2.45) is 0 Å². The van der Waals surface area contributed by atoms with E-state index in [1.807, 2.05) is 36.7 Å². The Bertz CT molecular complexity index is 1670. The maximum atomic E-state index is 14.3. The fourth-order valence-electron chi connectivity index (χ4n) is 6.06. The standard InChI is InChI=1S/C26H20FN3.C8H9N/c27-18-10-12-21-22(15-18)20-11-9-17-5-1-2-6-19(17)23(20)16-24(21)25-7-3-8-26(29-25)30-14-4-13-28-30;1-3-8-4-2-7(1)5-6-9-8/h1,3-5,7-15,24H,2,6,16H2;1,3,5-6,9H,2,4H2. The number of hydrogen-bond acceptors (Lipinski definition) is 3. The third-order valence-electron chi connectivity index (χ3n) is 8.01. The second-order valence-corrected chi connectivity index (χ2v) is 10.4. The van der Waals surface area contributed by atoms with Crippen molar-refractivity contribution in [3.05, 3.63) is 143 Å². The molecule has 4 heterocycles. The highest BCUT2D eigenvalue weighted by atomic mass is 19.1. The van der Waals surface area contributed by atoms with E-state index >= 15 is 0 Å². The number of aromatic nitrogens is 3. The molecule has 4 nitrogen and oxygen atoms in total. The van der Waals surface area contributed by atoms with Crippen molar-refractivity contribution in [3.8, 4) is 16.9 Å². The third-order valence-corrected chi connectivity index (χ3v) is 8.01. The normalized spacial score (nSPS) is 17.9. The van der Waals surface area contributed by atoms with Gasteiger partial charge in [0.25, 0.3) is 0 Å². The van der Waals surface area contributed by atoms with Crippen LogP contribution in [-0.2, 0) is 12.8 Å². The van der Waals surface area contributed by atoms with Gasteiger partial charge in [0.15, 0.2) is 5.82 Å². The number of pyridine rings is 1. The summed E-state index contributed by atoms with van der Waals surface area (Å²) < 4.78 is 16.0. The Kier molecular flexibility index (Phi) is 6.04. The number of allylic oxidation sites excluding steroid dienone is 6. The van der Waals surface area contributed by atoms with Gasteiger partial charge in [-0.1, -0.05) is 42.5 Å². The topological polar surface area (TPSA) is 42.7 Å². The lowest BCUT2D eigenvalue weighted by molar-refractivity contribution is 0.625. The van der Waals surface area contributed by atoms with E-state index in [0.29, 0.717) is 0 Å². The zero-order valence-corrected chi connectivity index (χ0v) is 21.6. The van der Waals surface area contributed by atoms with Crippen LogP contribution in [0.2, 0.25) is 0 Å². The number of fused-ring (bicyclic) bond motifs is 8. The molecule has 5 heteroatoms. The first kappa shape index (κ1) is 23.6. The molecule has 2 aliphatic heterocycles. The van der Waals surface area contributed by atoms with E-state index in [0.717, 1.165) is 47.5 Å². The SMILES string of the molecule is C1=CC2=CC=C(CC2)N1.Fc1ccc2c(c1)-c1ccc3c(c1CC2c1cccc(-n2cccn2)n1)CCC=C3. The minimum Gasteiger partial charge on any atom is -0.365 e. The molecule has 1 N–H and O–H groups in total. The van der Waals surface area contributed by atoms with Crippen LogP contribution in [0.5, 0.6) is 0 Å². The van der Waals surface area contributed by atoms with Crippen molar-refractivity contribution in [1.29, 1.82) is 0 Å². The highest BCUT2D eigenvalue weighted by molar-refractivity contribution is 5.79. The summed E-state index contributed by atoms with van der Waals surface area (Å²) in [6, 6.07) is 17.5. The summed E-state index contributed by atoms with van der Waals surface area (Å²) in [6.07, 6.45) is 21.9. The van der Waals surface area contributed by atoms with Crippen LogP contribution in [0.3, 0.4) is 0 Å². The van der Waals surface area contributed by atoms with Gasteiger partial charge in [0, 0.05) is 30.2 Å². The van der Waals surface area contributed by atoms with Gasteiger partial charge in [0.2, 0.25) is 0 Å². The minimum atomic E-state index is -0.198. The molecule has 0 fully saturated rings. The molecule has 1 unspecified atom stereocenters. The molecule has 3 aliphatic carbocycles. The molecular weight excluding hydrogens is 483 g/mol. The number of benzene rings is 2. The second kappa shape index (κ2) is 9.99. The zero-order valence-electron chi connectivity index (χ0n) is 21.6. The Morgan fingerprint density at radius 3 is 2.74 bits per heavy atom. The van der Waals surface area contributed by atoms with Crippen LogP contribution < -0.4 is 5.32 Å². The van der Waals surface area contributed by atoms with E-state index in [1.54, 1.807) is 23.0 Å². The molecule has 2 aromatic carbocycles. The monoisotopic (exact) mass is 512 g/mol. The summed E-state index contributed by atoms with van der Waals surface area (Å²) in [5.74, 6) is 0.683. The lowest BCUT2D eigenvalue weighted by atomic mass is 9.73. The molecule has 5 aliphatic rings. The van der Waals surface area contributed by atoms with Gasteiger partial charge in [-0.2, -0.15) is 5.10 Å². The average Bonchev–Trinajstić information content (AvgIpc) is 3.32. The maximum Gasteiger partial charge on any atom is 0.153 e. The first-order valence-electron chi connectivity index (χ1n) is 13.6. The number of rotatable bonds is 2. The Hall–Kier alpha value is -4.51. The lowest BCUT2D eigenvalue weighted by Crippen LogP contribution is -2.17. The van der Waals surface area contributed by atoms with E-state index in [-0.39, 0.29) is 11.7 Å². The van der Waals surface area contributed by atoms with Crippen molar-refractivity contribution in [2.45, 2.75) is 38.0 Å². The van der Waals surface area contributed by atoms with Crippen LogP contribution in [0.4, 0.5) is 4.39 Å². The molecule has 9 rings (SSSR count). The van der Waals surface area contributed by atoms with Gasteiger partial charge in [-0.25, -0.2) is 14.1 Å². The molecule has 0 amide bonds. The molecule has 0 saturated heterocycles. The average molecular weight is 513 g/mol. The van der Waals surface area contributed by atoms with Crippen molar-refractivity contribution in [3.63, 3.8) is 0 Å². The number of halogens is 1. The molecule has 2 bridgehead atoms. The highest BCUT2D eigenvalue weighted by Gasteiger charge is 2.30. The van der Waals surface area contributed by atoms with Gasteiger partial charge in [-0.05, 0) is 114 Å². The zero-order chi connectivity index (χ0) is 26.2. The predicted octanol–water partition coefficient (Wildman–Crippen LogP) is 7.43. The van der Waals surface area contributed by atoms with Crippen molar-refractivity contribution in [1.82, 2.24) is 20.1 Å². The first-order valence-corrected chi connectivity index (χ1v) is 13.6. The van der Waals surface area contributed by atoms with E-state index in [1.165, 1.54) is 40.8 Å². The van der Waals surface area contributed by atoms with Crippen LogP contribution in [0.15, 0.2) is 109 Å². The van der Waals surface area contributed by atoms with Gasteiger partial charge >= 0.3 is 0 Å². The van der Waals surface area contributed by atoms with Crippen LogP contribution >= 0.6 is 0 Å². The molecule has 192 valence electrons. The fourth-order valence-corrected chi connectivity index (χ4v) is 6.06. The molecule has 0 radical (unpaired) electrons. The maximum absolute atomic E-state index is 14.3. The Balaban J connectivity index is 0.000000237. The van der Waals surface area contributed by atoms with Crippen molar-refractivity contribution in [2.75, 3.05) is 0 Å². The summed E-state index contributed by atoms with van der Waals surface area (Å²) in [5.41, 5.74) is 11.1. The molecule has 4 aromatic rings. The largest absolute Gasteiger partial charge is 0.365 e. The summed E-state index contributed by atoms with van der Waals surface area (Å²) >= 11 is 0. The predicted molar refractivity (Wildman–Crippen MR) is 154 cm³/mol. The summed E-state index contributed by atoms with van der Waals surface area (Å²) in [7, 11) is 0. The Morgan fingerprint density at radius 2 is 1.87 bits per heavy atom. The molecule has 1 atom stereocenters. The first-order chi connectivity index (χ1) is 19.2. The van der Waals surface area contributed by atoms with Gasteiger partial charge < -0.3 is 5.32 Å². The number of nitrogens with zero attached hydrogens (tertiary/aromatic N) is 3. The van der Waals surface area contributed by atoms with E-state index in [4.69, 9.17) is 4.98 Å². The van der Waals surface area contributed by atoms with Gasteiger partial charge in [-0.3, -0.25) is 0 Å². The number of nitrogens with one attached hydrogen (secondary N) is 1. The van der Waals surface area contributed by atoms with Gasteiger partial charge in [0.05, 0.1) is 5.69 Å². The highest BCUT2D eigenvalue weighted by Crippen LogP contribution is 2.45. The summed E-state index contributed by atoms with van der Waals surface area (Å²) in [5, 5.41) is 7.52. The minimum absolute atomic E-state index is 0.0843. The quantitative estimate of drug-likeness (QED) is 0.304. The smallest absolute Gasteiger partial charge is 0.153 e. The number of hydrogen-bond donors (Lipinski definition) is 1. The van der Waals surface area contributed by atoms with E-state index in [2.05, 4.69) is 59.0 Å². The molecule has 0 saturated carbocycles. The summed E-state index contributed by atoms with van der Waals surface area (Å²) in [6.45, 7) is 0. The van der Waals surface area contributed by atoms with Crippen molar-refractivity contribution < 1.29 is 4.39 Å². The van der Waals surface area contributed by atoms with E-state index < -0.39 is 0 Å². The third kappa shape index (κ3) is 4.54. The Labute approximate surface area is 227 Å². The molecule has 2 aromatic heterocycles. The lowest BCUT2D eigenvalue weighted by Gasteiger charge is -2.31. The van der Waals surface area contributed by atoms with Gasteiger partial charge in [0.1, 0.15) is 5.82 Å². The van der Waals surface area contributed by atoms with Crippen LogP contribution in [0.1, 0.15) is 53.1 Å². The van der Waals surface area contributed by atoms with Gasteiger partial charge in [-0.15, -0.1) is 0 Å². The van der Waals surface area contributed by atoms with Crippen LogP contribution in [-0.4, -0.2) is 14.8 Å².